The maximum absolute atomic E-state index is 14.4. The number of aromatic nitrogens is 2. The van der Waals surface area contributed by atoms with Gasteiger partial charge in [0.2, 0.25) is 0 Å². The number of fused-ring (bicyclic) bond motifs is 2. The predicted octanol–water partition coefficient (Wildman–Crippen LogP) is 4.31. The Kier molecular flexibility index (Phi) is 6.89. The molecule has 0 radical (unpaired) electrons. The first-order valence-corrected chi connectivity index (χ1v) is 11.6. The number of methoxy groups -OCH3 is 1. The summed E-state index contributed by atoms with van der Waals surface area (Å²) in [5.74, 6) is 0.851. The van der Waals surface area contributed by atoms with Crippen LogP contribution in [-0.2, 0) is 9.47 Å². The van der Waals surface area contributed by atoms with E-state index in [2.05, 4.69) is 20.2 Å². The number of nitrogens with one attached hydrogen (secondary N) is 1. The van der Waals surface area contributed by atoms with Gasteiger partial charge >= 0.3 is 0 Å². The molecule has 2 aromatic carbocycles. The van der Waals surface area contributed by atoms with Gasteiger partial charge in [-0.2, -0.15) is 0 Å². The molecule has 2 saturated heterocycles. The van der Waals surface area contributed by atoms with Crippen molar-refractivity contribution in [1.29, 1.82) is 0 Å². The molecule has 34 heavy (non-hydrogen) atoms. The van der Waals surface area contributed by atoms with Crippen LogP contribution in [0.2, 0.25) is 10.0 Å². The van der Waals surface area contributed by atoms with Crippen molar-refractivity contribution in [2.75, 3.05) is 51.9 Å². The normalized spacial score (nSPS) is 20.7. The SMILES string of the molecule is COc1cc2c(Nc3cc(Cl)c(Cl)cc3F)ncnc2cc1OCC1OCCN2CCOC[C@@H]12. The smallest absolute Gasteiger partial charge is 0.163 e. The molecule has 0 amide bonds. The van der Waals surface area contributed by atoms with Crippen molar-refractivity contribution in [3.8, 4) is 11.5 Å². The van der Waals surface area contributed by atoms with Crippen LogP contribution in [0.3, 0.4) is 0 Å². The highest BCUT2D eigenvalue weighted by molar-refractivity contribution is 6.42. The van der Waals surface area contributed by atoms with Crippen molar-refractivity contribution in [2.45, 2.75) is 12.1 Å². The molecule has 2 atom stereocenters. The lowest BCUT2D eigenvalue weighted by molar-refractivity contribution is -0.135. The molecule has 0 bridgehead atoms. The second kappa shape index (κ2) is 10.1. The topological polar surface area (TPSA) is 78.0 Å². The van der Waals surface area contributed by atoms with E-state index in [1.807, 2.05) is 0 Å². The van der Waals surface area contributed by atoms with Crippen LogP contribution in [-0.4, -0.2) is 73.6 Å². The molecule has 2 aliphatic heterocycles. The van der Waals surface area contributed by atoms with Gasteiger partial charge in [0, 0.05) is 24.5 Å². The van der Waals surface area contributed by atoms with Gasteiger partial charge in [-0.25, -0.2) is 14.4 Å². The average Bonchev–Trinajstić information content (AvgIpc) is 2.85. The van der Waals surface area contributed by atoms with Crippen LogP contribution in [0.25, 0.3) is 10.9 Å². The van der Waals surface area contributed by atoms with Crippen molar-refractivity contribution in [1.82, 2.24) is 14.9 Å². The van der Waals surface area contributed by atoms with E-state index >= 15 is 0 Å². The Hall–Kier alpha value is -2.43. The van der Waals surface area contributed by atoms with Gasteiger partial charge in [0.1, 0.15) is 30.7 Å². The summed E-state index contributed by atoms with van der Waals surface area (Å²) in [6, 6.07) is 6.23. The third-order valence-electron chi connectivity index (χ3n) is 6.01. The number of benzene rings is 2. The number of anilines is 2. The molecule has 1 aromatic heterocycles. The molecule has 1 N–H and O–H groups in total. The average molecular weight is 509 g/mol. The number of morpholine rings is 2. The van der Waals surface area contributed by atoms with Gasteiger partial charge in [-0.1, -0.05) is 23.2 Å². The lowest BCUT2D eigenvalue weighted by Gasteiger charge is -2.43. The molecular formula is C23H23Cl2FN4O4. The molecule has 0 aliphatic carbocycles. The summed E-state index contributed by atoms with van der Waals surface area (Å²) >= 11 is 11.9. The summed E-state index contributed by atoms with van der Waals surface area (Å²) in [6.07, 6.45) is 1.27. The number of halogens is 3. The van der Waals surface area contributed by atoms with E-state index in [9.17, 15) is 4.39 Å². The molecule has 0 spiro atoms. The summed E-state index contributed by atoms with van der Waals surface area (Å²) < 4.78 is 37.7. The summed E-state index contributed by atoms with van der Waals surface area (Å²) in [4.78, 5) is 11.0. The molecule has 3 heterocycles. The first-order valence-electron chi connectivity index (χ1n) is 10.8. The van der Waals surface area contributed by atoms with E-state index in [1.165, 1.54) is 12.4 Å². The Balaban J connectivity index is 1.40. The number of hydrogen-bond acceptors (Lipinski definition) is 8. The number of nitrogens with zero attached hydrogens (tertiary/aromatic N) is 3. The van der Waals surface area contributed by atoms with E-state index in [4.69, 9.17) is 42.1 Å². The van der Waals surface area contributed by atoms with Crippen LogP contribution < -0.4 is 14.8 Å². The molecule has 1 unspecified atom stereocenters. The van der Waals surface area contributed by atoms with E-state index in [-0.39, 0.29) is 27.9 Å². The second-order valence-electron chi connectivity index (χ2n) is 8.01. The molecule has 2 aliphatic rings. The molecule has 180 valence electrons. The van der Waals surface area contributed by atoms with Crippen LogP contribution in [0.15, 0.2) is 30.6 Å². The van der Waals surface area contributed by atoms with Crippen LogP contribution in [0, 0.1) is 5.82 Å². The number of hydrogen-bond donors (Lipinski definition) is 1. The van der Waals surface area contributed by atoms with E-state index in [0.717, 1.165) is 25.8 Å². The van der Waals surface area contributed by atoms with Crippen LogP contribution in [0.1, 0.15) is 0 Å². The third-order valence-corrected chi connectivity index (χ3v) is 6.73. The molecule has 11 heteroatoms. The van der Waals surface area contributed by atoms with Gasteiger partial charge < -0.3 is 24.3 Å². The minimum absolute atomic E-state index is 0.116. The standard InChI is InChI=1S/C23H23Cl2FN4O4/c1-31-20-6-13-17(27-12-28-23(13)29-18-8-15(25)14(24)7-16(18)26)9-21(20)34-11-22-19-10-32-4-2-30(19)3-5-33-22/h6-9,12,19,22H,2-5,10-11H2,1H3,(H,27,28,29)/t19-,22?/m0/s1. The largest absolute Gasteiger partial charge is 0.493 e. The van der Waals surface area contributed by atoms with Crippen molar-refractivity contribution in [3.05, 3.63) is 46.5 Å². The van der Waals surface area contributed by atoms with Gasteiger partial charge in [-0.3, -0.25) is 4.90 Å². The van der Waals surface area contributed by atoms with Gasteiger partial charge in [-0.15, -0.1) is 0 Å². The van der Waals surface area contributed by atoms with E-state index in [1.54, 1.807) is 19.2 Å². The highest BCUT2D eigenvalue weighted by Crippen LogP contribution is 2.36. The quantitative estimate of drug-likeness (QED) is 0.493. The van der Waals surface area contributed by atoms with Gasteiger partial charge in [0.15, 0.2) is 11.5 Å². The lowest BCUT2D eigenvalue weighted by atomic mass is 10.1. The predicted molar refractivity (Wildman–Crippen MR) is 127 cm³/mol. The Labute approximate surface area is 205 Å². The first kappa shape index (κ1) is 23.3. The Bertz CT molecular complexity index is 1200. The summed E-state index contributed by atoms with van der Waals surface area (Å²) in [7, 11) is 1.55. The Morgan fingerprint density at radius 1 is 1.12 bits per heavy atom. The number of ether oxygens (including phenoxy) is 4. The zero-order chi connectivity index (χ0) is 23.7. The Morgan fingerprint density at radius 3 is 2.79 bits per heavy atom. The minimum atomic E-state index is -0.554. The van der Waals surface area contributed by atoms with Crippen LogP contribution in [0.5, 0.6) is 11.5 Å². The van der Waals surface area contributed by atoms with E-state index in [0.29, 0.717) is 48.0 Å². The van der Waals surface area contributed by atoms with Crippen molar-refractivity contribution in [2.24, 2.45) is 0 Å². The maximum Gasteiger partial charge on any atom is 0.163 e. The summed E-state index contributed by atoms with van der Waals surface area (Å²) in [6.45, 7) is 4.16. The third kappa shape index (κ3) is 4.71. The van der Waals surface area contributed by atoms with Crippen LogP contribution in [0.4, 0.5) is 15.9 Å². The zero-order valence-corrected chi connectivity index (χ0v) is 19.9. The highest BCUT2D eigenvalue weighted by Gasteiger charge is 2.35. The molecule has 3 aromatic rings. The van der Waals surface area contributed by atoms with Gasteiger partial charge in [-0.05, 0) is 18.2 Å². The van der Waals surface area contributed by atoms with Crippen molar-refractivity contribution < 1.29 is 23.3 Å². The van der Waals surface area contributed by atoms with Crippen molar-refractivity contribution in [3.63, 3.8) is 0 Å². The van der Waals surface area contributed by atoms with E-state index < -0.39 is 5.82 Å². The lowest BCUT2D eigenvalue weighted by Crippen LogP contribution is -2.58. The molecular weight excluding hydrogens is 486 g/mol. The van der Waals surface area contributed by atoms with Crippen molar-refractivity contribution >= 4 is 45.6 Å². The molecule has 8 nitrogen and oxygen atoms in total. The van der Waals surface area contributed by atoms with Gasteiger partial charge in [0.25, 0.3) is 0 Å². The Morgan fingerprint density at radius 2 is 1.94 bits per heavy atom. The second-order valence-corrected chi connectivity index (χ2v) is 8.83. The fraction of sp³-hybridized carbons (Fsp3) is 0.391. The molecule has 0 saturated carbocycles. The fourth-order valence-corrected chi connectivity index (χ4v) is 4.54. The summed E-state index contributed by atoms with van der Waals surface area (Å²) in [5.41, 5.74) is 0.739. The van der Waals surface area contributed by atoms with Crippen LogP contribution >= 0.6 is 23.2 Å². The number of rotatable bonds is 6. The maximum atomic E-state index is 14.4. The molecule has 5 rings (SSSR count). The summed E-state index contributed by atoms with van der Waals surface area (Å²) in [5, 5.41) is 3.94. The fourth-order valence-electron chi connectivity index (χ4n) is 4.22. The minimum Gasteiger partial charge on any atom is -0.493 e. The first-order chi connectivity index (χ1) is 16.5. The monoisotopic (exact) mass is 508 g/mol. The zero-order valence-electron chi connectivity index (χ0n) is 18.4. The van der Waals surface area contributed by atoms with Gasteiger partial charge in [0.05, 0.1) is 54.2 Å². The molecule has 2 fully saturated rings. The highest BCUT2D eigenvalue weighted by atomic mass is 35.5.